The van der Waals surface area contributed by atoms with E-state index in [1.165, 1.54) is 0 Å². The number of aliphatic hydroxyl groups is 1. The fourth-order valence-corrected chi connectivity index (χ4v) is 2.08. The average Bonchev–Trinajstić information content (AvgIpc) is 2.46. The lowest BCUT2D eigenvalue weighted by Gasteiger charge is -2.28. The number of anilines is 1. The van der Waals surface area contributed by atoms with Crippen LogP contribution in [0.5, 0.6) is 0 Å². The number of hydrogen-bond donors (Lipinski definition) is 2. The first-order chi connectivity index (χ1) is 9.51. The molecule has 2 aromatic rings. The van der Waals surface area contributed by atoms with Crippen LogP contribution in [0.1, 0.15) is 25.8 Å². The number of pyridine rings is 1. The zero-order valence-corrected chi connectivity index (χ0v) is 12.2. The topological polar surface area (TPSA) is 68.9 Å². The predicted molar refractivity (Wildman–Crippen MR) is 80.9 cm³/mol. The molecule has 0 aliphatic heterocycles. The molecule has 2 rings (SSSR count). The second-order valence-electron chi connectivity index (χ2n) is 5.03. The molecule has 1 heterocycles. The van der Waals surface area contributed by atoms with Crippen LogP contribution in [0.2, 0.25) is 5.02 Å². The van der Waals surface area contributed by atoms with E-state index in [0.29, 0.717) is 21.9 Å². The molecule has 0 spiro atoms. The third-order valence-corrected chi connectivity index (χ3v) is 3.69. The van der Waals surface area contributed by atoms with Crippen molar-refractivity contribution in [1.29, 1.82) is 5.26 Å². The normalized spacial score (nSPS) is 13.8. The molecule has 0 bridgehead atoms. The Morgan fingerprint density at radius 3 is 2.80 bits per heavy atom. The summed E-state index contributed by atoms with van der Waals surface area (Å²) in [4.78, 5) is 4.47. The van der Waals surface area contributed by atoms with Crippen LogP contribution in [0.15, 0.2) is 24.3 Å². The molecule has 5 heteroatoms. The van der Waals surface area contributed by atoms with Gasteiger partial charge in [0.05, 0.1) is 29.3 Å². The summed E-state index contributed by atoms with van der Waals surface area (Å²) < 4.78 is 0. The lowest BCUT2D eigenvalue weighted by molar-refractivity contribution is 0.218. The SMILES string of the molecule is CCC(C)(CO)Nc1cc(C#N)c2cc(Cl)ccc2n1. The molecule has 1 unspecified atom stereocenters. The van der Waals surface area contributed by atoms with Gasteiger partial charge in [-0.15, -0.1) is 0 Å². The minimum absolute atomic E-state index is 0.00821. The Kier molecular flexibility index (Phi) is 4.12. The van der Waals surface area contributed by atoms with Crippen LogP contribution in [0.4, 0.5) is 5.82 Å². The molecule has 0 aliphatic rings. The first kappa shape index (κ1) is 14.6. The molecular formula is C15H16ClN3O. The van der Waals surface area contributed by atoms with Crippen LogP contribution >= 0.6 is 11.6 Å². The van der Waals surface area contributed by atoms with Gasteiger partial charge in [0.15, 0.2) is 0 Å². The van der Waals surface area contributed by atoms with Gasteiger partial charge in [0.2, 0.25) is 0 Å². The van der Waals surface area contributed by atoms with Crippen LogP contribution in [0.3, 0.4) is 0 Å². The molecule has 0 aliphatic carbocycles. The smallest absolute Gasteiger partial charge is 0.128 e. The minimum atomic E-state index is -0.459. The lowest BCUT2D eigenvalue weighted by Crippen LogP contribution is -2.38. The van der Waals surface area contributed by atoms with Gasteiger partial charge in [-0.1, -0.05) is 18.5 Å². The van der Waals surface area contributed by atoms with Crippen LogP contribution in [0.25, 0.3) is 10.9 Å². The fraction of sp³-hybridized carbons (Fsp3) is 0.333. The summed E-state index contributed by atoms with van der Waals surface area (Å²) in [6.45, 7) is 3.88. The van der Waals surface area contributed by atoms with Gasteiger partial charge in [0.1, 0.15) is 5.82 Å². The minimum Gasteiger partial charge on any atom is -0.394 e. The third kappa shape index (κ3) is 2.84. The highest BCUT2D eigenvalue weighted by atomic mass is 35.5. The van der Waals surface area contributed by atoms with E-state index in [1.807, 2.05) is 13.8 Å². The maximum atomic E-state index is 9.45. The van der Waals surface area contributed by atoms with Crippen molar-refractivity contribution in [1.82, 2.24) is 4.98 Å². The van der Waals surface area contributed by atoms with Gasteiger partial charge in [0.25, 0.3) is 0 Å². The summed E-state index contributed by atoms with van der Waals surface area (Å²) in [5.41, 5.74) is 0.753. The Balaban J connectivity index is 2.52. The van der Waals surface area contributed by atoms with E-state index in [2.05, 4.69) is 16.4 Å². The Labute approximate surface area is 123 Å². The third-order valence-electron chi connectivity index (χ3n) is 3.45. The van der Waals surface area contributed by atoms with Crippen LogP contribution in [-0.4, -0.2) is 22.2 Å². The number of hydrogen-bond acceptors (Lipinski definition) is 4. The van der Waals surface area contributed by atoms with E-state index < -0.39 is 5.54 Å². The van der Waals surface area contributed by atoms with Crippen molar-refractivity contribution >= 4 is 28.3 Å². The van der Waals surface area contributed by atoms with E-state index in [4.69, 9.17) is 11.6 Å². The van der Waals surface area contributed by atoms with Crippen LogP contribution in [0, 0.1) is 11.3 Å². The van der Waals surface area contributed by atoms with Crippen molar-refractivity contribution < 1.29 is 5.11 Å². The Morgan fingerprint density at radius 1 is 1.45 bits per heavy atom. The standard InChI is InChI=1S/C15H16ClN3O/c1-3-15(2,9-20)19-14-6-10(8-17)12-7-11(16)4-5-13(12)18-14/h4-7,20H,3,9H2,1-2H3,(H,18,19). The zero-order chi connectivity index (χ0) is 14.8. The average molecular weight is 290 g/mol. The molecule has 0 fully saturated rings. The Hall–Kier alpha value is -1.83. The molecule has 20 heavy (non-hydrogen) atoms. The number of rotatable bonds is 4. The molecule has 0 saturated heterocycles. The maximum Gasteiger partial charge on any atom is 0.128 e. The summed E-state index contributed by atoms with van der Waals surface area (Å²) in [5.74, 6) is 0.578. The number of nitriles is 1. The number of halogens is 1. The van der Waals surface area contributed by atoms with Crippen LogP contribution < -0.4 is 5.32 Å². The highest BCUT2D eigenvalue weighted by Gasteiger charge is 2.21. The highest BCUT2D eigenvalue weighted by molar-refractivity contribution is 6.31. The fourth-order valence-electron chi connectivity index (χ4n) is 1.90. The van der Waals surface area contributed by atoms with Crippen molar-refractivity contribution in [2.75, 3.05) is 11.9 Å². The summed E-state index contributed by atoms with van der Waals surface area (Å²) in [5, 5.41) is 23.2. The Bertz CT molecular complexity index is 675. The number of fused-ring (bicyclic) bond motifs is 1. The molecule has 4 nitrogen and oxygen atoms in total. The van der Waals surface area contributed by atoms with Crippen molar-refractivity contribution in [3.8, 4) is 6.07 Å². The molecule has 104 valence electrons. The predicted octanol–water partition coefficient (Wildman–Crippen LogP) is 3.33. The quantitative estimate of drug-likeness (QED) is 0.906. The van der Waals surface area contributed by atoms with Crippen molar-refractivity contribution in [2.24, 2.45) is 0 Å². The van der Waals surface area contributed by atoms with E-state index in [9.17, 15) is 10.4 Å². The second kappa shape index (κ2) is 5.66. The number of benzene rings is 1. The van der Waals surface area contributed by atoms with E-state index in [-0.39, 0.29) is 6.61 Å². The molecule has 0 amide bonds. The Morgan fingerprint density at radius 2 is 2.20 bits per heavy atom. The molecule has 1 aromatic carbocycles. The zero-order valence-electron chi connectivity index (χ0n) is 11.4. The van der Waals surface area contributed by atoms with Crippen molar-refractivity contribution in [3.05, 3.63) is 34.9 Å². The van der Waals surface area contributed by atoms with Gasteiger partial charge in [-0.05, 0) is 37.6 Å². The van der Waals surface area contributed by atoms with E-state index >= 15 is 0 Å². The number of nitrogens with one attached hydrogen (secondary N) is 1. The molecule has 0 radical (unpaired) electrons. The summed E-state index contributed by atoms with van der Waals surface area (Å²) in [6.07, 6.45) is 0.742. The van der Waals surface area contributed by atoms with Gasteiger partial charge in [0, 0.05) is 10.4 Å². The monoisotopic (exact) mass is 289 g/mol. The number of nitrogens with zero attached hydrogens (tertiary/aromatic N) is 2. The van der Waals surface area contributed by atoms with E-state index in [1.54, 1.807) is 24.3 Å². The summed E-state index contributed by atoms with van der Waals surface area (Å²) in [7, 11) is 0. The molecule has 1 aromatic heterocycles. The molecule has 1 atom stereocenters. The number of aromatic nitrogens is 1. The molecular weight excluding hydrogens is 274 g/mol. The summed E-state index contributed by atoms with van der Waals surface area (Å²) in [6, 6.07) is 9.10. The summed E-state index contributed by atoms with van der Waals surface area (Å²) >= 11 is 5.95. The molecule has 0 saturated carbocycles. The largest absolute Gasteiger partial charge is 0.394 e. The lowest BCUT2D eigenvalue weighted by atomic mass is 10.00. The second-order valence-corrected chi connectivity index (χ2v) is 5.46. The van der Waals surface area contributed by atoms with Crippen molar-refractivity contribution in [2.45, 2.75) is 25.8 Å². The van der Waals surface area contributed by atoms with Gasteiger partial charge in [-0.25, -0.2) is 4.98 Å². The molecule has 2 N–H and O–H groups in total. The van der Waals surface area contributed by atoms with Crippen molar-refractivity contribution in [3.63, 3.8) is 0 Å². The number of aliphatic hydroxyl groups excluding tert-OH is 1. The van der Waals surface area contributed by atoms with E-state index in [0.717, 1.165) is 11.8 Å². The highest BCUT2D eigenvalue weighted by Crippen LogP contribution is 2.25. The van der Waals surface area contributed by atoms with Gasteiger partial charge in [-0.2, -0.15) is 5.26 Å². The van der Waals surface area contributed by atoms with Gasteiger partial charge in [-0.3, -0.25) is 0 Å². The maximum absolute atomic E-state index is 9.45. The first-order valence-corrected chi connectivity index (χ1v) is 6.78. The van der Waals surface area contributed by atoms with Gasteiger partial charge < -0.3 is 10.4 Å². The van der Waals surface area contributed by atoms with Crippen LogP contribution in [-0.2, 0) is 0 Å². The first-order valence-electron chi connectivity index (χ1n) is 6.41. The van der Waals surface area contributed by atoms with Gasteiger partial charge >= 0.3 is 0 Å².